The first-order valence-electron chi connectivity index (χ1n) is 7.68. The van der Waals surface area contributed by atoms with Crippen molar-refractivity contribution in [3.05, 3.63) is 48.5 Å². The second-order valence-electron chi connectivity index (χ2n) is 5.26. The summed E-state index contributed by atoms with van der Waals surface area (Å²) in [6.45, 7) is 3.38. The van der Waals surface area contributed by atoms with Crippen LogP contribution in [0.1, 0.15) is 13.8 Å². The lowest BCUT2D eigenvalue weighted by Crippen LogP contribution is -2.16. The Morgan fingerprint density at radius 1 is 0.731 bits per heavy atom. The van der Waals surface area contributed by atoms with E-state index >= 15 is 0 Å². The molecule has 0 bridgehead atoms. The second-order valence-corrected chi connectivity index (χ2v) is 8.01. The molecule has 2 atom stereocenters. The van der Waals surface area contributed by atoms with Gasteiger partial charge < -0.3 is 9.47 Å². The normalized spacial score (nSPS) is 13.2. The molecule has 0 saturated carbocycles. The fourth-order valence-corrected chi connectivity index (χ4v) is 1.86. The fraction of sp³-hybridized carbons (Fsp3) is 0.222. The molecule has 6 nitrogen and oxygen atoms in total. The van der Waals surface area contributed by atoms with Gasteiger partial charge in [-0.2, -0.15) is 10.2 Å². The Hall–Kier alpha value is -2.06. The summed E-state index contributed by atoms with van der Waals surface area (Å²) in [7, 11) is 0. The van der Waals surface area contributed by atoms with E-state index in [0.29, 0.717) is 22.9 Å². The Labute approximate surface area is 167 Å². The van der Waals surface area contributed by atoms with E-state index in [0.717, 1.165) is 0 Å². The molecule has 2 unspecified atom stereocenters. The predicted molar refractivity (Wildman–Crippen MR) is 105 cm³/mol. The monoisotopic (exact) mass is 482 g/mol. The largest absolute Gasteiger partial charge is 0.426 e. The SMILES string of the molecule is CC(Br)C(=O)Oc1ccc(N=Nc2ccc(OC(=O)C(C)Br)cc2)cc1. The molecule has 2 aromatic rings. The maximum atomic E-state index is 11.5. The molecule has 0 heterocycles. The average molecular weight is 484 g/mol. The van der Waals surface area contributed by atoms with E-state index in [1.807, 2.05) is 0 Å². The Morgan fingerprint density at radius 3 is 1.31 bits per heavy atom. The van der Waals surface area contributed by atoms with Gasteiger partial charge in [0.25, 0.3) is 0 Å². The summed E-state index contributed by atoms with van der Waals surface area (Å²) in [5.74, 6) is 0.142. The minimum absolute atomic E-state index is 0.366. The van der Waals surface area contributed by atoms with Gasteiger partial charge in [0.2, 0.25) is 0 Å². The van der Waals surface area contributed by atoms with Crippen LogP contribution in [0.25, 0.3) is 0 Å². The van der Waals surface area contributed by atoms with Gasteiger partial charge in [0, 0.05) is 0 Å². The summed E-state index contributed by atoms with van der Waals surface area (Å²) in [5, 5.41) is 8.22. The number of esters is 2. The molecule has 0 aromatic heterocycles. The van der Waals surface area contributed by atoms with E-state index < -0.39 is 0 Å². The first-order chi connectivity index (χ1) is 12.3. The van der Waals surface area contributed by atoms with Gasteiger partial charge in [0.15, 0.2) is 0 Å². The number of halogens is 2. The number of carbonyl (C=O) groups is 2. The highest BCUT2D eigenvalue weighted by molar-refractivity contribution is 9.10. The number of ether oxygens (including phenoxy) is 2. The van der Waals surface area contributed by atoms with Crippen LogP contribution in [0.3, 0.4) is 0 Å². The van der Waals surface area contributed by atoms with Crippen molar-refractivity contribution < 1.29 is 19.1 Å². The van der Waals surface area contributed by atoms with Crippen LogP contribution in [0, 0.1) is 0 Å². The van der Waals surface area contributed by atoms with Crippen LogP contribution in [0.2, 0.25) is 0 Å². The Balaban J connectivity index is 1.96. The zero-order chi connectivity index (χ0) is 19.1. The predicted octanol–water partition coefficient (Wildman–Crippen LogP) is 5.48. The van der Waals surface area contributed by atoms with Crippen molar-refractivity contribution in [1.29, 1.82) is 0 Å². The highest BCUT2D eigenvalue weighted by atomic mass is 79.9. The zero-order valence-corrected chi connectivity index (χ0v) is 17.2. The highest BCUT2D eigenvalue weighted by Gasteiger charge is 2.11. The maximum Gasteiger partial charge on any atom is 0.324 e. The zero-order valence-electron chi connectivity index (χ0n) is 14.1. The van der Waals surface area contributed by atoms with E-state index in [2.05, 4.69) is 42.1 Å². The van der Waals surface area contributed by atoms with Crippen molar-refractivity contribution in [2.45, 2.75) is 23.5 Å². The van der Waals surface area contributed by atoms with Crippen LogP contribution < -0.4 is 9.47 Å². The Kier molecular flexibility index (Phi) is 7.47. The van der Waals surface area contributed by atoms with E-state index in [4.69, 9.17) is 9.47 Å². The molecule has 136 valence electrons. The van der Waals surface area contributed by atoms with Crippen LogP contribution in [-0.2, 0) is 9.59 Å². The third-order valence-corrected chi connectivity index (χ3v) is 3.79. The van der Waals surface area contributed by atoms with E-state index in [9.17, 15) is 9.59 Å². The number of nitrogens with zero attached hydrogens (tertiary/aromatic N) is 2. The molecule has 0 fully saturated rings. The van der Waals surface area contributed by atoms with Gasteiger partial charge in [-0.1, -0.05) is 31.9 Å². The lowest BCUT2D eigenvalue weighted by molar-refractivity contribution is -0.134. The van der Waals surface area contributed by atoms with Crippen LogP contribution in [0.15, 0.2) is 58.8 Å². The van der Waals surface area contributed by atoms with Crippen molar-refractivity contribution in [2.75, 3.05) is 0 Å². The number of rotatable bonds is 6. The van der Waals surface area contributed by atoms with Gasteiger partial charge in [-0.3, -0.25) is 9.59 Å². The van der Waals surface area contributed by atoms with E-state index in [-0.39, 0.29) is 21.6 Å². The number of hydrogen-bond donors (Lipinski definition) is 0. The molecule has 0 aliphatic heterocycles. The molecule has 0 aliphatic carbocycles. The molecule has 0 spiro atoms. The Morgan fingerprint density at radius 2 is 1.04 bits per heavy atom. The van der Waals surface area contributed by atoms with Gasteiger partial charge in [0.1, 0.15) is 21.2 Å². The van der Waals surface area contributed by atoms with Gasteiger partial charge >= 0.3 is 11.9 Å². The summed E-state index contributed by atoms with van der Waals surface area (Å²) in [4.78, 5) is 22.2. The molecular formula is C18H16Br2N2O4. The molecule has 0 saturated heterocycles. The van der Waals surface area contributed by atoms with Crippen LogP contribution in [0.4, 0.5) is 11.4 Å². The minimum atomic E-state index is -0.373. The summed E-state index contributed by atoms with van der Waals surface area (Å²) >= 11 is 6.30. The molecule has 0 amide bonds. The maximum absolute atomic E-state index is 11.5. The number of azo groups is 1. The lowest BCUT2D eigenvalue weighted by Gasteiger charge is -2.05. The summed E-state index contributed by atoms with van der Waals surface area (Å²) < 4.78 is 10.3. The molecular weight excluding hydrogens is 468 g/mol. The van der Waals surface area contributed by atoms with Crippen molar-refractivity contribution in [1.82, 2.24) is 0 Å². The second kappa shape index (κ2) is 9.59. The molecule has 8 heteroatoms. The van der Waals surface area contributed by atoms with Crippen molar-refractivity contribution in [2.24, 2.45) is 10.2 Å². The third-order valence-electron chi connectivity index (χ3n) is 3.04. The van der Waals surface area contributed by atoms with Crippen LogP contribution in [0.5, 0.6) is 11.5 Å². The number of hydrogen-bond acceptors (Lipinski definition) is 6. The van der Waals surface area contributed by atoms with Crippen molar-refractivity contribution in [3.63, 3.8) is 0 Å². The lowest BCUT2D eigenvalue weighted by atomic mass is 10.3. The van der Waals surface area contributed by atoms with E-state index in [1.54, 1.807) is 62.4 Å². The van der Waals surface area contributed by atoms with Crippen LogP contribution in [-0.4, -0.2) is 21.6 Å². The Bertz CT molecular complexity index is 720. The van der Waals surface area contributed by atoms with Gasteiger partial charge in [-0.25, -0.2) is 0 Å². The average Bonchev–Trinajstić information content (AvgIpc) is 2.62. The van der Waals surface area contributed by atoms with Gasteiger partial charge in [-0.15, -0.1) is 0 Å². The summed E-state index contributed by atoms with van der Waals surface area (Å²) in [6.07, 6.45) is 0. The molecule has 2 aromatic carbocycles. The van der Waals surface area contributed by atoms with Crippen LogP contribution >= 0.6 is 31.9 Å². The fourth-order valence-electron chi connectivity index (χ4n) is 1.67. The highest BCUT2D eigenvalue weighted by Crippen LogP contribution is 2.23. The van der Waals surface area contributed by atoms with E-state index in [1.165, 1.54) is 0 Å². The summed E-state index contributed by atoms with van der Waals surface area (Å²) in [5.41, 5.74) is 1.22. The molecule has 26 heavy (non-hydrogen) atoms. The number of carbonyl (C=O) groups excluding carboxylic acids is 2. The molecule has 2 rings (SSSR count). The molecule has 0 radical (unpaired) electrons. The molecule has 0 N–H and O–H groups in total. The summed E-state index contributed by atoms with van der Waals surface area (Å²) in [6, 6.07) is 13.3. The first-order valence-corrected chi connectivity index (χ1v) is 9.51. The van der Waals surface area contributed by atoms with Crippen molar-refractivity contribution in [3.8, 4) is 11.5 Å². The van der Waals surface area contributed by atoms with Gasteiger partial charge in [-0.05, 0) is 62.4 Å². The molecule has 0 aliphatic rings. The minimum Gasteiger partial charge on any atom is -0.426 e. The smallest absolute Gasteiger partial charge is 0.324 e. The van der Waals surface area contributed by atoms with Crippen molar-refractivity contribution >= 4 is 55.2 Å². The third kappa shape index (κ3) is 6.34. The number of benzene rings is 2. The number of alkyl halides is 2. The quantitative estimate of drug-likeness (QED) is 0.236. The van der Waals surface area contributed by atoms with Gasteiger partial charge in [0.05, 0.1) is 11.4 Å². The first kappa shape index (κ1) is 20.3. The standard InChI is InChI=1S/C18H16Br2N2O4/c1-11(19)17(23)25-15-7-3-13(4-8-15)21-22-14-5-9-16(10-6-14)26-18(24)12(2)20/h3-12H,1-2H3. The topological polar surface area (TPSA) is 77.3 Å².